The molecule has 2 saturated carbocycles. The Morgan fingerprint density at radius 2 is 1.56 bits per heavy atom. The average molecular weight is 247 g/mol. The van der Waals surface area contributed by atoms with E-state index in [0.29, 0.717) is 17.3 Å². The molecule has 1 N–H and O–H groups in total. The zero-order chi connectivity index (χ0) is 12.8. The highest BCUT2D eigenvalue weighted by molar-refractivity contribution is 5.08. The standard InChI is InChI=1S/C15H25N3/c1-15(2,3)12-8-6-11(7-9-12)14-16-13(17-18-14)10-4-5-10/h10-12H,4-9H2,1-3H3,(H,16,17,18). The first-order valence-corrected chi connectivity index (χ1v) is 7.46. The lowest BCUT2D eigenvalue weighted by molar-refractivity contribution is 0.167. The number of hydrogen-bond donors (Lipinski definition) is 1. The van der Waals surface area contributed by atoms with Gasteiger partial charge in [0.15, 0.2) is 5.82 Å². The largest absolute Gasteiger partial charge is 0.263 e. The molecule has 3 rings (SSSR count). The van der Waals surface area contributed by atoms with Crippen molar-refractivity contribution < 1.29 is 0 Å². The van der Waals surface area contributed by atoms with Gasteiger partial charge in [-0.2, -0.15) is 5.10 Å². The van der Waals surface area contributed by atoms with Crippen molar-refractivity contribution in [3.8, 4) is 0 Å². The lowest BCUT2D eigenvalue weighted by Crippen LogP contribution is -2.25. The fourth-order valence-electron chi connectivity index (χ4n) is 3.23. The Morgan fingerprint density at radius 3 is 2.11 bits per heavy atom. The zero-order valence-corrected chi connectivity index (χ0v) is 11.9. The number of rotatable bonds is 2. The molecular formula is C15H25N3. The molecule has 1 aromatic rings. The smallest absolute Gasteiger partial charge is 0.153 e. The van der Waals surface area contributed by atoms with Crippen molar-refractivity contribution in [1.29, 1.82) is 0 Å². The Bertz CT molecular complexity index is 404. The molecule has 2 aliphatic carbocycles. The first-order chi connectivity index (χ1) is 8.54. The van der Waals surface area contributed by atoms with Crippen molar-refractivity contribution in [3.05, 3.63) is 11.6 Å². The summed E-state index contributed by atoms with van der Waals surface area (Å²) in [6, 6.07) is 0. The molecule has 1 heterocycles. The minimum atomic E-state index is 0.464. The molecule has 0 spiro atoms. The quantitative estimate of drug-likeness (QED) is 0.858. The summed E-state index contributed by atoms with van der Waals surface area (Å²) in [7, 11) is 0. The van der Waals surface area contributed by atoms with Crippen LogP contribution >= 0.6 is 0 Å². The van der Waals surface area contributed by atoms with Gasteiger partial charge in [-0.3, -0.25) is 5.10 Å². The monoisotopic (exact) mass is 247 g/mol. The van der Waals surface area contributed by atoms with Crippen LogP contribution in [0.15, 0.2) is 0 Å². The van der Waals surface area contributed by atoms with Crippen molar-refractivity contribution in [3.63, 3.8) is 0 Å². The van der Waals surface area contributed by atoms with E-state index in [2.05, 4.69) is 31.0 Å². The maximum Gasteiger partial charge on any atom is 0.153 e. The van der Waals surface area contributed by atoms with Gasteiger partial charge in [0, 0.05) is 11.8 Å². The molecule has 0 radical (unpaired) electrons. The van der Waals surface area contributed by atoms with Crippen LogP contribution in [0.4, 0.5) is 0 Å². The van der Waals surface area contributed by atoms with E-state index in [0.717, 1.165) is 17.6 Å². The van der Waals surface area contributed by atoms with Gasteiger partial charge in [0.05, 0.1) is 0 Å². The first-order valence-electron chi connectivity index (χ1n) is 7.46. The number of aromatic amines is 1. The summed E-state index contributed by atoms with van der Waals surface area (Å²) in [4.78, 5) is 4.72. The predicted molar refractivity (Wildman–Crippen MR) is 72.5 cm³/mol. The lowest BCUT2D eigenvalue weighted by Gasteiger charge is -2.36. The SMILES string of the molecule is CC(C)(C)C1CCC(c2nc(C3CC3)n[nH]2)CC1. The third-order valence-corrected chi connectivity index (χ3v) is 4.80. The molecule has 0 amide bonds. The molecule has 18 heavy (non-hydrogen) atoms. The second-order valence-corrected chi connectivity index (χ2v) is 7.27. The average Bonchev–Trinajstić information content (AvgIpc) is 3.06. The molecule has 0 bridgehead atoms. The summed E-state index contributed by atoms with van der Waals surface area (Å²) in [5.74, 6) is 4.40. The Labute approximate surface area is 110 Å². The second-order valence-electron chi connectivity index (χ2n) is 7.27. The van der Waals surface area contributed by atoms with Crippen LogP contribution in [0.1, 0.15) is 82.8 Å². The van der Waals surface area contributed by atoms with Crippen LogP contribution < -0.4 is 0 Å². The van der Waals surface area contributed by atoms with Crippen LogP contribution in [0, 0.1) is 11.3 Å². The minimum absolute atomic E-state index is 0.464. The predicted octanol–water partition coefficient (Wildman–Crippen LogP) is 4.00. The maximum absolute atomic E-state index is 4.72. The molecule has 0 atom stereocenters. The minimum Gasteiger partial charge on any atom is -0.263 e. The number of nitrogens with zero attached hydrogens (tertiary/aromatic N) is 2. The summed E-state index contributed by atoms with van der Waals surface area (Å²) in [6.45, 7) is 7.12. The third-order valence-electron chi connectivity index (χ3n) is 4.80. The molecule has 0 aromatic carbocycles. The van der Waals surface area contributed by atoms with E-state index >= 15 is 0 Å². The third kappa shape index (κ3) is 2.45. The molecule has 0 unspecified atom stereocenters. The molecule has 3 nitrogen and oxygen atoms in total. The topological polar surface area (TPSA) is 41.6 Å². The van der Waals surface area contributed by atoms with Gasteiger partial charge < -0.3 is 0 Å². The first kappa shape index (κ1) is 12.2. The van der Waals surface area contributed by atoms with Gasteiger partial charge in [-0.1, -0.05) is 20.8 Å². The molecule has 0 saturated heterocycles. The summed E-state index contributed by atoms with van der Waals surface area (Å²) in [5.41, 5.74) is 0.464. The van der Waals surface area contributed by atoms with Crippen molar-refractivity contribution in [2.75, 3.05) is 0 Å². The summed E-state index contributed by atoms with van der Waals surface area (Å²) < 4.78 is 0. The van der Waals surface area contributed by atoms with Gasteiger partial charge in [-0.25, -0.2) is 4.98 Å². The zero-order valence-electron chi connectivity index (χ0n) is 11.9. The van der Waals surface area contributed by atoms with E-state index in [-0.39, 0.29) is 0 Å². The van der Waals surface area contributed by atoms with Crippen LogP contribution in [-0.4, -0.2) is 15.2 Å². The van der Waals surface area contributed by atoms with E-state index < -0.39 is 0 Å². The maximum atomic E-state index is 4.72. The highest BCUT2D eigenvalue weighted by Crippen LogP contribution is 2.43. The highest BCUT2D eigenvalue weighted by atomic mass is 15.2. The summed E-state index contributed by atoms with van der Waals surface area (Å²) in [6.07, 6.45) is 7.81. The molecule has 3 heteroatoms. The Balaban J connectivity index is 1.61. The van der Waals surface area contributed by atoms with Crippen LogP contribution in [0.3, 0.4) is 0 Å². The van der Waals surface area contributed by atoms with Crippen molar-refractivity contribution in [1.82, 2.24) is 15.2 Å². The summed E-state index contributed by atoms with van der Waals surface area (Å²) >= 11 is 0. The van der Waals surface area contributed by atoms with Gasteiger partial charge >= 0.3 is 0 Å². The Hall–Kier alpha value is -0.860. The van der Waals surface area contributed by atoms with Gasteiger partial charge in [-0.15, -0.1) is 0 Å². The molecule has 0 aliphatic heterocycles. The van der Waals surface area contributed by atoms with Crippen molar-refractivity contribution in [2.24, 2.45) is 11.3 Å². The van der Waals surface area contributed by atoms with E-state index in [1.165, 1.54) is 38.5 Å². The molecule has 2 aliphatic rings. The van der Waals surface area contributed by atoms with E-state index in [1.807, 2.05) is 0 Å². The van der Waals surface area contributed by atoms with E-state index in [4.69, 9.17) is 4.98 Å². The fourth-order valence-corrected chi connectivity index (χ4v) is 3.23. The van der Waals surface area contributed by atoms with E-state index in [9.17, 15) is 0 Å². The fraction of sp³-hybridized carbons (Fsp3) is 0.867. The van der Waals surface area contributed by atoms with Crippen LogP contribution in [0.25, 0.3) is 0 Å². The van der Waals surface area contributed by atoms with Crippen LogP contribution in [0.5, 0.6) is 0 Å². The second kappa shape index (κ2) is 4.36. The molecular weight excluding hydrogens is 222 g/mol. The lowest BCUT2D eigenvalue weighted by atomic mass is 9.70. The van der Waals surface area contributed by atoms with Gasteiger partial charge in [0.1, 0.15) is 5.82 Å². The molecule has 2 fully saturated rings. The van der Waals surface area contributed by atoms with Gasteiger partial charge in [0.25, 0.3) is 0 Å². The van der Waals surface area contributed by atoms with E-state index in [1.54, 1.807) is 0 Å². The Kier molecular flexibility index (Phi) is 2.95. The van der Waals surface area contributed by atoms with Crippen LogP contribution in [0.2, 0.25) is 0 Å². The molecule has 100 valence electrons. The molecule has 1 aromatic heterocycles. The summed E-state index contributed by atoms with van der Waals surface area (Å²) in [5, 5.41) is 7.57. The normalized spacial score (nSPS) is 29.5. The van der Waals surface area contributed by atoms with Crippen LogP contribution in [-0.2, 0) is 0 Å². The number of H-pyrrole nitrogens is 1. The van der Waals surface area contributed by atoms with Gasteiger partial charge in [0.2, 0.25) is 0 Å². The number of hydrogen-bond acceptors (Lipinski definition) is 2. The number of aromatic nitrogens is 3. The van der Waals surface area contributed by atoms with Gasteiger partial charge in [-0.05, 0) is 49.9 Å². The number of nitrogens with one attached hydrogen (secondary N) is 1. The highest BCUT2D eigenvalue weighted by Gasteiger charge is 2.33. The van der Waals surface area contributed by atoms with Crippen molar-refractivity contribution >= 4 is 0 Å². The van der Waals surface area contributed by atoms with Crippen molar-refractivity contribution in [2.45, 2.75) is 71.1 Å². The Morgan fingerprint density at radius 1 is 0.944 bits per heavy atom.